The van der Waals surface area contributed by atoms with Gasteiger partial charge in [0.2, 0.25) is 15.9 Å². The largest absolute Gasteiger partial charge is 0.377 e. The molecule has 0 radical (unpaired) electrons. The van der Waals surface area contributed by atoms with Gasteiger partial charge in [0, 0.05) is 44.5 Å². The standard InChI is InChI=1S/C18H31N3O3S/c1-13(2)10-18(22)19-16-8-9-17(20(5)6)15(11-16)12-21(14(3)4)25(7,23)24/h8-9,11,13-14H,10,12H2,1-7H3,(H,19,22). The third-order valence-corrected chi connectivity index (χ3v) is 5.17. The molecule has 0 aliphatic heterocycles. The van der Waals surface area contributed by atoms with Crippen molar-refractivity contribution in [2.75, 3.05) is 30.6 Å². The van der Waals surface area contributed by atoms with Crippen molar-refractivity contribution < 1.29 is 13.2 Å². The van der Waals surface area contributed by atoms with Crippen LogP contribution in [0.2, 0.25) is 0 Å². The Hall–Kier alpha value is -1.60. The van der Waals surface area contributed by atoms with E-state index in [1.165, 1.54) is 10.6 Å². The molecule has 0 bridgehead atoms. The van der Waals surface area contributed by atoms with Crippen LogP contribution in [0.5, 0.6) is 0 Å². The van der Waals surface area contributed by atoms with Crippen LogP contribution >= 0.6 is 0 Å². The summed E-state index contributed by atoms with van der Waals surface area (Å²) in [5, 5.41) is 2.90. The van der Waals surface area contributed by atoms with Crippen LogP contribution in [0.3, 0.4) is 0 Å². The van der Waals surface area contributed by atoms with Crippen LogP contribution in [-0.2, 0) is 21.4 Å². The number of carbonyl (C=O) groups is 1. The Morgan fingerprint density at radius 2 is 1.76 bits per heavy atom. The average Bonchev–Trinajstić information content (AvgIpc) is 2.41. The maximum atomic E-state index is 12.1. The first kappa shape index (κ1) is 21.4. The normalized spacial score (nSPS) is 12.1. The molecule has 7 heteroatoms. The van der Waals surface area contributed by atoms with E-state index < -0.39 is 10.0 Å². The molecule has 1 amide bonds. The molecule has 0 aliphatic carbocycles. The Morgan fingerprint density at radius 1 is 1.16 bits per heavy atom. The average molecular weight is 370 g/mol. The fourth-order valence-corrected chi connectivity index (χ4v) is 3.80. The monoisotopic (exact) mass is 369 g/mol. The van der Waals surface area contributed by atoms with Gasteiger partial charge in [-0.1, -0.05) is 13.8 Å². The summed E-state index contributed by atoms with van der Waals surface area (Å²) in [7, 11) is 0.496. The Balaban J connectivity index is 3.17. The van der Waals surface area contributed by atoms with Crippen molar-refractivity contribution in [3.05, 3.63) is 23.8 Å². The lowest BCUT2D eigenvalue weighted by Gasteiger charge is -2.27. The van der Waals surface area contributed by atoms with Gasteiger partial charge in [-0.05, 0) is 43.5 Å². The van der Waals surface area contributed by atoms with Crippen molar-refractivity contribution in [2.24, 2.45) is 5.92 Å². The molecule has 0 saturated carbocycles. The lowest BCUT2D eigenvalue weighted by atomic mass is 10.1. The maximum absolute atomic E-state index is 12.1. The van der Waals surface area contributed by atoms with E-state index >= 15 is 0 Å². The van der Waals surface area contributed by atoms with Gasteiger partial charge in [-0.3, -0.25) is 4.79 Å². The minimum Gasteiger partial charge on any atom is -0.377 e. The van der Waals surface area contributed by atoms with E-state index in [1.54, 1.807) is 0 Å². The van der Waals surface area contributed by atoms with E-state index in [-0.39, 0.29) is 24.4 Å². The molecule has 0 spiro atoms. The highest BCUT2D eigenvalue weighted by Gasteiger charge is 2.22. The number of hydrogen-bond donors (Lipinski definition) is 1. The number of benzene rings is 1. The van der Waals surface area contributed by atoms with Gasteiger partial charge >= 0.3 is 0 Å². The molecule has 25 heavy (non-hydrogen) atoms. The summed E-state index contributed by atoms with van der Waals surface area (Å²) in [5.41, 5.74) is 2.46. The first-order valence-corrected chi connectivity index (χ1v) is 10.3. The smallest absolute Gasteiger partial charge is 0.224 e. The zero-order chi connectivity index (χ0) is 19.4. The third kappa shape index (κ3) is 6.66. The lowest BCUT2D eigenvalue weighted by molar-refractivity contribution is -0.116. The van der Waals surface area contributed by atoms with Gasteiger partial charge in [0.15, 0.2) is 0 Å². The molecular formula is C18H31N3O3S. The summed E-state index contributed by atoms with van der Waals surface area (Å²) in [6, 6.07) is 5.45. The number of anilines is 2. The second-order valence-corrected chi connectivity index (χ2v) is 9.22. The van der Waals surface area contributed by atoms with E-state index in [0.29, 0.717) is 12.1 Å². The SMILES string of the molecule is CC(C)CC(=O)Nc1ccc(N(C)C)c(CN(C(C)C)S(C)(=O)=O)c1. The van der Waals surface area contributed by atoms with E-state index in [2.05, 4.69) is 5.32 Å². The molecule has 0 heterocycles. The van der Waals surface area contributed by atoms with Crippen LogP contribution in [0.15, 0.2) is 18.2 Å². The number of carbonyl (C=O) groups excluding carboxylic acids is 1. The van der Waals surface area contributed by atoms with Crippen molar-refractivity contribution >= 4 is 27.3 Å². The molecule has 1 N–H and O–H groups in total. The lowest BCUT2D eigenvalue weighted by Crippen LogP contribution is -2.36. The number of nitrogens with zero attached hydrogens (tertiary/aromatic N) is 2. The van der Waals surface area contributed by atoms with Crippen LogP contribution in [0.25, 0.3) is 0 Å². The predicted octanol–water partition coefficient (Wildman–Crippen LogP) is 2.91. The molecule has 6 nitrogen and oxygen atoms in total. The maximum Gasteiger partial charge on any atom is 0.224 e. The number of sulfonamides is 1. The second-order valence-electron chi connectivity index (χ2n) is 7.29. The predicted molar refractivity (Wildman–Crippen MR) is 104 cm³/mol. The van der Waals surface area contributed by atoms with Gasteiger partial charge < -0.3 is 10.2 Å². The summed E-state index contributed by atoms with van der Waals surface area (Å²) < 4.78 is 25.6. The Kier molecular flexibility index (Phi) is 7.44. The number of rotatable bonds is 8. The van der Waals surface area contributed by atoms with Crippen molar-refractivity contribution in [1.82, 2.24) is 4.31 Å². The number of amides is 1. The second kappa shape index (κ2) is 8.67. The Labute approximate surface area is 152 Å². The summed E-state index contributed by atoms with van der Waals surface area (Å²) >= 11 is 0. The van der Waals surface area contributed by atoms with Gasteiger partial charge in [-0.25, -0.2) is 8.42 Å². The van der Waals surface area contributed by atoms with Crippen LogP contribution in [0.1, 0.15) is 39.7 Å². The first-order chi connectivity index (χ1) is 11.4. The minimum absolute atomic E-state index is 0.0395. The number of nitrogens with one attached hydrogen (secondary N) is 1. The molecule has 0 fully saturated rings. The van der Waals surface area contributed by atoms with E-state index in [9.17, 15) is 13.2 Å². The molecule has 0 saturated heterocycles. The highest BCUT2D eigenvalue weighted by molar-refractivity contribution is 7.88. The van der Waals surface area contributed by atoms with Gasteiger partial charge in [0.1, 0.15) is 0 Å². The molecule has 142 valence electrons. The molecule has 0 atom stereocenters. The highest BCUT2D eigenvalue weighted by atomic mass is 32.2. The van der Waals surface area contributed by atoms with Crippen LogP contribution < -0.4 is 10.2 Å². The van der Waals surface area contributed by atoms with Crippen LogP contribution in [0, 0.1) is 5.92 Å². The molecule has 1 aromatic rings. The Bertz CT molecular complexity index is 698. The van der Waals surface area contributed by atoms with Gasteiger partial charge in [-0.2, -0.15) is 4.31 Å². The minimum atomic E-state index is -3.33. The molecule has 0 unspecified atom stereocenters. The molecule has 0 aliphatic rings. The summed E-state index contributed by atoms with van der Waals surface area (Å²) in [4.78, 5) is 14.0. The molecule has 1 aromatic carbocycles. The van der Waals surface area contributed by atoms with Crippen molar-refractivity contribution in [1.29, 1.82) is 0 Å². The quantitative estimate of drug-likeness (QED) is 0.765. The summed E-state index contributed by atoms with van der Waals surface area (Å²) in [6.45, 7) is 7.95. The zero-order valence-corrected chi connectivity index (χ0v) is 17.1. The Morgan fingerprint density at radius 3 is 2.20 bits per heavy atom. The molecular weight excluding hydrogens is 338 g/mol. The van der Waals surface area contributed by atoms with E-state index in [1.807, 2.05) is 64.9 Å². The van der Waals surface area contributed by atoms with E-state index in [4.69, 9.17) is 0 Å². The van der Waals surface area contributed by atoms with Crippen LogP contribution in [0.4, 0.5) is 11.4 Å². The zero-order valence-electron chi connectivity index (χ0n) is 16.3. The van der Waals surface area contributed by atoms with Crippen molar-refractivity contribution in [2.45, 2.75) is 46.7 Å². The highest BCUT2D eigenvalue weighted by Crippen LogP contribution is 2.26. The third-order valence-electron chi connectivity index (χ3n) is 3.77. The van der Waals surface area contributed by atoms with Crippen molar-refractivity contribution in [3.8, 4) is 0 Å². The molecule has 0 aromatic heterocycles. The van der Waals surface area contributed by atoms with Gasteiger partial charge in [0.05, 0.1) is 6.26 Å². The molecule has 1 rings (SSSR count). The topological polar surface area (TPSA) is 69.7 Å². The number of hydrogen-bond acceptors (Lipinski definition) is 4. The van der Waals surface area contributed by atoms with Crippen molar-refractivity contribution in [3.63, 3.8) is 0 Å². The van der Waals surface area contributed by atoms with Gasteiger partial charge in [0.25, 0.3) is 0 Å². The van der Waals surface area contributed by atoms with E-state index in [0.717, 1.165) is 11.3 Å². The first-order valence-electron chi connectivity index (χ1n) is 8.48. The van der Waals surface area contributed by atoms with Gasteiger partial charge in [-0.15, -0.1) is 0 Å². The summed E-state index contributed by atoms with van der Waals surface area (Å²) in [5.74, 6) is 0.240. The fourth-order valence-electron chi connectivity index (χ4n) is 2.66. The summed E-state index contributed by atoms with van der Waals surface area (Å²) in [6.07, 6.45) is 1.67. The fraction of sp³-hybridized carbons (Fsp3) is 0.611. The van der Waals surface area contributed by atoms with Crippen LogP contribution in [-0.4, -0.2) is 45.0 Å².